The minimum absolute atomic E-state index is 0. The summed E-state index contributed by atoms with van der Waals surface area (Å²) in [7, 11) is 0. The summed E-state index contributed by atoms with van der Waals surface area (Å²) in [6.07, 6.45) is 0. The summed E-state index contributed by atoms with van der Waals surface area (Å²) < 4.78 is 0. The van der Waals surface area contributed by atoms with Gasteiger partial charge in [-0.05, 0) is 55.4 Å². The maximum Gasteiger partial charge on any atom is 4.00 e. The van der Waals surface area contributed by atoms with Gasteiger partial charge in [0.05, 0.1) is 45.5 Å². The van der Waals surface area contributed by atoms with Gasteiger partial charge >= 0.3 is 21.7 Å². The van der Waals surface area contributed by atoms with Crippen molar-refractivity contribution in [3.05, 3.63) is 0 Å². The van der Waals surface area contributed by atoms with E-state index in [1.54, 1.807) is 55.4 Å². The Kier molecular flexibility index (Phi) is 23.5. The van der Waals surface area contributed by atoms with Crippen molar-refractivity contribution in [3.8, 4) is 0 Å². The number of carboxylic acid groups (broad SMARTS) is 4. The first-order valence-electron chi connectivity index (χ1n) is 14.2. The van der Waals surface area contributed by atoms with Crippen molar-refractivity contribution < 1.29 is 80.5 Å². The van der Waals surface area contributed by atoms with E-state index in [-0.39, 0.29) is 68.5 Å². The van der Waals surface area contributed by atoms with Crippen LogP contribution in [0.15, 0.2) is 0 Å². The molecule has 0 amide bonds. The summed E-state index contributed by atoms with van der Waals surface area (Å²) in [4.78, 5) is 86.5. The summed E-state index contributed by atoms with van der Waals surface area (Å²) in [6, 6.07) is 0. The second-order valence-electron chi connectivity index (χ2n) is 13.7. The predicted octanol–water partition coefficient (Wildman–Crippen LogP) is -0.0521. The van der Waals surface area contributed by atoms with Gasteiger partial charge < -0.3 is 39.6 Å². The summed E-state index contributed by atoms with van der Waals surface area (Å²) in [5.41, 5.74) is -5.41. The van der Waals surface area contributed by atoms with Crippen LogP contribution in [0.4, 0.5) is 0 Å². The fourth-order valence-electron chi connectivity index (χ4n) is 3.29. The van der Waals surface area contributed by atoms with Crippen molar-refractivity contribution >= 4 is 47.0 Å². The molecule has 0 aliphatic carbocycles. The molecular formula is C32H52O12Ti. The zero-order valence-corrected chi connectivity index (χ0v) is 31.3. The molecule has 0 aliphatic heterocycles. The van der Waals surface area contributed by atoms with Crippen LogP contribution in [-0.2, 0) is 60.1 Å². The van der Waals surface area contributed by atoms with Gasteiger partial charge in [0.15, 0.2) is 0 Å². The van der Waals surface area contributed by atoms with Gasteiger partial charge in [0, 0.05) is 23.7 Å². The maximum atomic E-state index is 11.2. The molecule has 0 aromatic rings. The average molecular weight is 677 g/mol. The number of aliphatic carboxylic acids is 4. The Morgan fingerprint density at radius 1 is 0.333 bits per heavy atom. The topological polar surface area (TPSA) is 229 Å². The van der Waals surface area contributed by atoms with E-state index in [1.165, 1.54) is 55.4 Å². The Bertz CT molecular complexity index is 894. The first-order chi connectivity index (χ1) is 19.2. The Morgan fingerprint density at radius 3 is 0.444 bits per heavy atom. The normalized spacial score (nSPS) is 11.5. The molecule has 0 spiro atoms. The van der Waals surface area contributed by atoms with Gasteiger partial charge in [0.2, 0.25) is 0 Å². The molecule has 0 aromatic heterocycles. The van der Waals surface area contributed by atoms with Gasteiger partial charge in [-0.25, -0.2) is 0 Å². The molecule has 0 rings (SSSR count). The smallest absolute Gasteiger partial charge is 0.549 e. The summed E-state index contributed by atoms with van der Waals surface area (Å²) in [6.45, 7) is 24.3. The third-order valence-corrected chi connectivity index (χ3v) is 6.60. The number of hydrogen-bond donors (Lipinski definition) is 0. The molecule has 45 heavy (non-hydrogen) atoms. The monoisotopic (exact) mass is 676 g/mol. The molecule has 0 N–H and O–H groups in total. The number of rotatable bonds is 12. The van der Waals surface area contributed by atoms with Gasteiger partial charge in [-0.3, -0.25) is 19.2 Å². The molecule has 0 aliphatic rings. The Hall–Kier alpha value is -2.73. The summed E-state index contributed by atoms with van der Waals surface area (Å²) in [5.74, 6) is -7.46. The van der Waals surface area contributed by atoms with Crippen molar-refractivity contribution in [1.82, 2.24) is 0 Å². The summed E-state index contributed by atoms with van der Waals surface area (Å²) in [5, 5.41) is 41.7. The zero-order valence-electron chi connectivity index (χ0n) is 29.7. The molecule has 0 fully saturated rings. The second kappa shape index (κ2) is 20.4. The van der Waals surface area contributed by atoms with Crippen LogP contribution in [-0.4, -0.2) is 47.0 Å². The number of hydrogen-bond acceptors (Lipinski definition) is 12. The average Bonchev–Trinajstić information content (AvgIpc) is 2.86. The van der Waals surface area contributed by atoms with E-state index >= 15 is 0 Å². The van der Waals surface area contributed by atoms with Gasteiger partial charge in [-0.1, -0.05) is 55.4 Å². The van der Waals surface area contributed by atoms with Crippen molar-refractivity contribution in [1.29, 1.82) is 0 Å². The first-order valence-corrected chi connectivity index (χ1v) is 14.2. The third kappa shape index (κ3) is 17.0. The second-order valence-corrected chi connectivity index (χ2v) is 13.7. The molecule has 13 heteroatoms. The molecule has 0 saturated carbocycles. The van der Waals surface area contributed by atoms with E-state index < -0.39 is 45.5 Å². The van der Waals surface area contributed by atoms with Crippen molar-refractivity contribution in [3.63, 3.8) is 0 Å². The van der Waals surface area contributed by atoms with E-state index in [1.807, 2.05) is 0 Å². The minimum atomic E-state index is -1.35. The number of carbonyl (C=O) groups excluding carboxylic acids is 8. The van der Waals surface area contributed by atoms with Crippen LogP contribution in [0.1, 0.15) is 111 Å². The Balaban J connectivity index is -0.000000157. The quantitative estimate of drug-likeness (QED) is 0.196. The number of Topliss-reactive ketones (excluding diaryl/α,β-unsaturated/α-hetero) is 4. The molecule has 0 atom stereocenters. The molecule has 256 valence electrons. The van der Waals surface area contributed by atoms with Crippen molar-refractivity contribution in [2.45, 2.75) is 111 Å². The van der Waals surface area contributed by atoms with E-state index in [2.05, 4.69) is 0 Å². The SMILES string of the molecule is CC(C)C(=O)C(C)(C)C(=O)[O-].CC(C)C(=O)C(C)(C)C(=O)[O-].CC(C)C(=O)C(C)(C)C(=O)[O-].CC(C)C(=O)C(C)(C)C(=O)[O-].[Ti+4]. The Morgan fingerprint density at radius 2 is 0.422 bits per heavy atom. The molecule has 0 heterocycles. The predicted molar refractivity (Wildman–Crippen MR) is 155 cm³/mol. The van der Waals surface area contributed by atoms with Crippen molar-refractivity contribution in [2.24, 2.45) is 45.3 Å². The molecule has 0 aromatic carbocycles. The van der Waals surface area contributed by atoms with E-state index in [4.69, 9.17) is 0 Å². The maximum absolute atomic E-state index is 11.2. The van der Waals surface area contributed by atoms with Crippen molar-refractivity contribution in [2.75, 3.05) is 0 Å². The van der Waals surface area contributed by atoms with Crippen LogP contribution >= 0.6 is 0 Å². The van der Waals surface area contributed by atoms with E-state index in [0.717, 1.165) is 0 Å². The van der Waals surface area contributed by atoms with E-state index in [0.29, 0.717) is 0 Å². The first kappa shape index (κ1) is 51.8. The zero-order chi connectivity index (χ0) is 36.9. The molecule has 0 unspecified atom stereocenters. The number of ketones is 4. The van der Waals surface area contributed by atoms with Crippen LogP contribution in [0.5, 0.6) is 0 Å². The van der Waals surface area contributed by atoms with Crippen LogP contribution in [0.3, 0.4) is 0 Å². The van der Waals surface area contributed by atoms with Gasteiger partial charge in [-0.2, -0.15) is 0 Å². The summed E-state index contributed by atoms with van der Waals surface area (Å²) >= 11 is 0. The standard InChI is InChI=1S/4C8H14O3.Ti/c4*1-5(2)6(9)8(3,4)7(10)11;/h4*5H,1-4H3,(H,10,11);/q;;;;+4/p-4. The number of carboxylic acids is 4. The van der Waals surface area contributed by atoms with Crippen LogP contribution in [0.2, 0.25) is 0 Å². The molecule has 0 saturated heterocycles. The largest absolute Gasteiger partial charge is 4.00 e. The fourth-order valence-corrected chi connectivity index (χ4v) is 3.29. The molecule has 12 nitrogen and oxygen atoms in total. The Labute approximate surface area is 283 Å². The van der Waals surface area contributed by atoms with Crippen LogP contribution < -0.4 is 20.4 Å². The minimum Gasteiger partial charge on any atom is -0.549 e. The van der Waals surface area contributed by atoms with Crippen LogP contribution in [0, 0.1) is 45.3 Å². The van der Waals surface area contributed by atoms with Gasteiger partial charge in [-0.15, -0.1) is 0 Å². The fraction of sp³-hybridized carbons (Fsp3) is 0.750. The molecule has 0 radical (unpaired) electrons. The number of carbonyl (C=O) groups is 8. The third-order valence-electron chi connectivity index (χ3n) is 6.60. The van der Waals surface area contributed by atoms with Gasteiger partial charge in [0.1, 0.15) is 23.1 Å². The molecule has 0 bridgehead atoms. The molecular weight excluding hydrogens is 624 g/mol. The van der Waals surface area contributed by atoms with E-state index in [9.17, 15) is 58.8 Å². The van der Waals surface area contributed by atoms with Gasteiger partial charge in [0.25, 0.3) is 0 Å². The van der Waals surface area contributed by atoms with Crippen LogP contribution in [0.25, 0.3) is 0 Å².